The number of aliphatic hydroxyl groups excluding tert-OH is 1. The fourth-order valence-corrected chi connectivity index (χ4v) is 13.2. The van der Waals surface area contributed by atoms with Crippen molar-refractivity contribution in [1.82, 2.24) is 29.4 Å². The molecule has 4 atom stereocenters. The Bertz CT molecular complexity index is 3510. The molecule has 0 radical (unpaired) electrons. The molecule has 3 N–H and O–H groups in total. The molecule has 4 aromatic heterocycles. The summed E-state index contributed by atoms with van der Waals surface area (Å²) in [5.74, 6) is 0.454. The Balaban J connectivity index is 0.717. The number of ether oxygens (including phenoxy) is 2. The molecule has 2 aromatic carbocycles. The van der Waals surface area contributed by atoms with E-state index in [2.05, 4.69) is 90.9 Å². The zero-order valence-electron chi connectivity index (χ0n) is 46.8. The number of aliphatic hydroxyl groups is 1. The quantitative estimate of drug-likeness (QED) is 0.0757. The van der Waals surface area contributed by atoms with Crippen LogP contribution in [-0.2, 0) is 35.5 Å². The van der Waals surface area contributed by atoms with Crippen molar-refractivity contribution in [3.8, 4) is 17.1 Å². The first-order chi connectivity index (χ1) is 39.1. The smallest absolute Gasteiger partial charge is 0.276 e. The fourth-order valence-electron chi connectivity index (χ4n) is 13.2. The van der Waals surface area contributed by atoms with E-state index in [9.17, 15) is 24.3 Å². The Morgan fingerprint density at radius 1 is 0.827 bits per heavy atom. The SMILES string of the molecule is C=CC(=O)Nc1cc(Nc2nc(-c3ccnc(N4CCn5c(cc6c5CC(C)(C)C6)C4=O)c3CO)cnc2OC)ccc1N1CCN(C2CCN(c3ccc4c(c3)C(=O)N(c3ccnc(N5CCOC[C@H]5C)c3)C4=O)[C@H](C)C2)C[C@@H]1C. The van der Waals surface area contributed by atoms with Crippen molar-refractivity contribution >= 4 is 69.5 Å². The topological polar surface area (TPSA) is 207 Å². The van der Waals surface area contributed by atoms with E-state index in [1.807, 2.05) is 42.5 Å². The molecule has 20 heteroatoms. The third-order valence-corrected chi connectivity index (χ3v) is 17.2. The fraction of sp³-hybridized carbons (Fsp3) is 0.410. The summed E-state index contributed by atoms with van der Waals surface area (Å²) in [5.41, 5.74) is 9.03. The molecule has 420 valence electrons. The van der Waals surface area contributed by atoms with Crippen LogP contribution in [0.2, 0.25) is 0 Å². The number of piperidine rings is 1. The first-order valence-electron chi connectivity index (χ1n) is 28.1. The number of nitrogens with zero attached hydrogens (tertiary/aromatic N) is 11. The van der Waals surface area contributed by atoms with Crippen molar-refractivity contribution in [2.24, 2.45) is 5.41 Å². The number of carbonyl (C=O) groups excluding carboxylic acids is 4. The van der Waals surface area contributed by atoms with E-state index in [1.54, 1.807) is 41.7 Å². The molecule has 12 rings (SSSR count). The molecule has 5 aliphatic heterocycles. The maximum Gasteiger partial charge on any atom is 0.276 e. The second kappa shape index (κ2) is 21.4. The molecule has 4 amide bonds. The van der Waals surface area contributed by atoms with Gasteiger partial charge in [0.1, 0.15) is 17.3 Å². The summed E-state index contributed by atoms with van der Waals surface area (Å²) in [4.78, 5) is 86.1. The number of aromatic nitrogens is 5. The van der Waals surface area contributed by atoms with Gasteiger partial charge in [0, 0.05) is 111 Å². The van der Waals surface area contributed by atoms with Crippen molar-refractivity contribution < 1.29 is 33.8 Å². The van der Waals surface area contributed by atoms with E-state index in [0.717, 1.165) is 63.2 Å². The third-order valence-electron chi connectivity index (χ3n) is 17.2. The van der Waals surface area contributed by atoms with Gasteiger partial charge in [0.2, 0.25) is 5.91 Å². The molecule has 0 saturated carbocycles. The molecular formula is C61H69N13O7. The lowest BCUT2D eigenvalue weighted by Crippen LogP contribution is -2.58. The maximum atomic E-state index is 14.1. The third kappa shape index (κ3) is 9.81. The number of anilines is 8. The molecule has 1 unspecified atom stereocenters. The van der Waals surface area contributed by atoms with Crippen LogP contribution in [0, 0.1) is 5.41 Å². The Morgan fingerprint density at radius 3 is 2.43 bits per heavy atom. The van der Waals surface area contributed by atoms with E-state index in [0.29, 0.717) is 107 Å². The molecule has 9 heterocycles. The van der Waals surface area contributed by atoms with Crippen LogP contribution in [0.4, 0.5) is 45.9 Å². The van der Waals surface area contributed by atoms with Crippen LogP contribution in [-0.4, -0.2) is 142 Å². The highest BCUT2D eigenvalue weighted by atomic mass is 16.5. The summed E-state index contributed by atoms with van der Waals surface area (Å²) in [7, 11) is 1.51. The van der Waals surface area contributed by atoms with Crippen LogP contribution < -0.4 is 39.9 Å². The van der Waals surface area contributed by atoms with E-state index in [-0.39, 0.29) is 59.7 Å². The number of piperazine rings is 1. The number of pyridine rings is 2. The number of carbonyl (C=O) groups is 4. The van der Waals surface area contributed by atoms with Gasteiger partial charge in [0.05, 0.1) is 73.1 Å². The molecular weight excluding hydrogens is 1030 g/mol. The minimum Gasteiger partial charge on any atom is -0.478 e. The number of hydrogen-bond acceptors (Lipinski definition) is 16. The van der Waals surface area contributed by atoms with Gasteiger partial charge >= 0.3 is 0 Å². The van der Waals surface area contributed by atoms with Crippen LogP contribution in [0.15, 0.2) is 91.9 Å². The van der Waals surface area contributed by atoms with Gasteiger partial charge in [-0.3, -0.25) is 29.0 Å². The Hall–Kier alpha value is -8.20. The number of rotatable bonds is 13. The van der Waals surface area contributed by atoms with Gasteiger partial charge in [-0.05, 0) is 118 Å². The van der Waals surface area contributed by atoms with Crippen LogP contribution in [0.3, 0.4) is 0 Å². The molecule has 6 aromatic rings. The summed E-state index contributed by atoms with van der Waals surface area (Å²) in [6.07, 6.45) is 9.80. The first kappa shape index (κ1) is 53.4. The van der Waals surface area contributed by atoms with Crippen LogP contribution in [0.1, 0.15) is 95.5 Å². The van der Waals surface area contributed by atoms with Crippen LogP contribution in [0.25, 0.3) is 11.3 Å². The minimum atomic E-state index is -0.390. The van der Waals surface area contributed by atoms with Crippen molar-refractivity contribution in [2.75, 3.05) is 94.7 Å². The van der Waals surface area contributed by atoms with E-state index < -0.39 is 0 Å². The lowest BCUT2D eigenvalue weighted by atomic mass is 9.90. The van der Waals surface area contributed by atoms with Gasteiger partial charge in [-0.2, -0.15) is 0 Å². The predicted octanol–water partition coefficient (Wildman–Crippen LogP) is 7.48. The summed E-state index contributed by atoms with van der Waals surface area (Å²) < 4.78 is 13.5. The number of fused-ring (bicyclic) bond motifs is 4. The van der Waals surface area contributed by atoms with Crippen molar-refractivity contribution in [3.05, 3.63) is 126 Å². The van der Waals surface area contributed by atoms with Gasteiger partial charge < -0.3 is 44.5 Å². The standard InChI is InChI=1S/C61H69N13O7/c1-8-54(76)66-48-27-40(65-55-57(80-7)64-32-49(67-55)44-14-17-63-56(47(44)34-75)73-22-21-72-51(60(73)79)26-39-30-61(5,6)31-52(39)72)9-12-50(48)70-20-19-68(33-37(70)3)41-15-18-69(36(2)25-41)42-10-11-45-46(28-42)59(78)74(58(45)77)43-13-16-62-53(29-43)71-23-24-81-35-38(71)4/h8-14,16-17,26-29,32,36-38,41,75H,1,15,18-25,30-31,33-35H2,2-7H3,(H,65,67)(H,66,76)/t36-,37+,38-,41?/m1/s1. The number of nitrogens with one attached hydrogen (secondary N) is 2. The van der Waals surface area contributed by atoms with Gasteiger partial charge in [0.15, 0.2) is 5.82 Å². The lowest BCUT2D eigenvalue weighted by molar-refractivity contribution is -0.111. The maximum absolute atomic E-state index is 14.1. The Morgan fingerprint density at radius 2 is 1.65 bits per heavy atom. The number of hydrogen-bond donors (Lipinski definition) is 3. The summed E-state index contributed by atoms with van der Waals surface area (Å²) in [6, 6.07) is 19.5. The molecule has 20 nitrogen and oxygen atoms in total. The highest BCUT2D eigenvalue weighted by molar-refractivity contribution is 6.34. The molecule has 6 aliphatic rings. The number of benzene rings is 2. The largest absolute Gasteiger partial charge is 0.478 e. The highest BCUT2D eigenvalue weighted by Crippen LogP contribution is 2.42. The van der Waals surface area contributed by atoms with Crippen LogP contribution in [0.5, 0.6) is 5.88 Å². The first-order valence-corrected chi connectivity index (χ1v) is 28.1. The molecule has 81 heavy (non-hydrogen) atoms. The number of methoxy groups -OCH3 is 1. The average molecular weight is 1100 g/mol. The van der Waals surface area contributed by atoms with Crippen molar-refractivity contribution in [1.29, 1.82) is 0 Å². The molecule has 0 bridgehead atoms. The monoisotopic (exact) mass is 1100 g/mol. The van der Waals surface area contributed by atoms with E-state index in [4.69, 9.17) is 14.5 Å². The second-order valence-corrected chi connectivity index (χ2v) is 23.0. The van der Waals surface area contributed by atoms with Gasteiger partial charge in [0.25, 0.3) is 23.6 Å². The van der Waals surface area contributed by atoms with Gasteiger partial charge in [-0.1, -0.05) is 20.4 Å². The van der Waals surface area contributed by atoms with E-state index >= 15 is 0 Å². The Kier molecular flexibility index (Phi) is 14.1. The van der Waals surface area contributed by atoms with Gasteiger partial charge in [-0.25, -0.2) is 24.8 Å². The van der Waals surface area contributed by atoms with Crippen LogP contribution >= 0.6 is 0 Å². The molecule has 0 spiro atoms. The second-order valence-electron chi connectivity index (χ2n) is 23.0. The normalized spacial score (nSPS) is 21.7. The highest BCUT2D eigenvalue weighted by Gasteiger charge is 2.41. The van der Waals surface area contributed by atoms with Crippen molar-refractivity contribution in [3.63, 3.8) is 0 Å². The molecule has 3 saturated heterocycles. The lowest BCUT2D eigenvalue weighted by Gasteiger charge is -2.48. The van der Waals surface area contributed by atoms with Gasteiger partial charge in [-0.15, -0.1) is 0 Å². The summed E-state index contributed by atoms with van der Waals surface area (Å²) >= 11 is 0. The summed E-state index contributed by atoms with van der Waals surface area (Å²) in [5, 5.41) is 17.3. The number of amides is 4. The Labute approximate surface area is 471 Å². The number of imide groups is 1. The zero-order chi connectivity index (χ0) is 56.4. The van der Waals surface area contributed by atoms with Crippen molar-refractivity contribution in [2.45, 2.75) is 97.6 Å². The predicted molar refractivity (Wildman–Crippen MR) is 311 cm³/mol. The van der Waals surface area contributed by atoms with E-state index in [1.165, 1.54) is 29.3 Å². The zero-order valence-corrected chi connectivity index (χ0v) is 46.8. The minimum absolute atomic E-state index is 0.0924. The molecule has 1 aliphatic carbocycles. The average Bonchev–Trinajstić information content (AvgIpc) is 4.10. The number of morpholine rings is 1. The summed E-state index contributed by atoms with van der Waals surface area (Å²) in [6.45, 7) is 20.4. The molecule has 3 fully saturated rings.